The Labute approximate surface area is 203 Å². The number of thiazole rings is 1. The maximum absolute atomic E-state index is 13.0. The van der Waals surface area contributed by atoms with Crippen LogP contribution in [0.4, 0.5) is 0 Å². The van der Waals surface area contributed by atoms with E-state index in [0.29, 0.717) is 40.2 Å². The van der Waals surface area contributed by atoms with Crippen LogP contribution in [0.25, 0.3) is 10.2 Å². The fourth-order valence-electron chi connectivity index (χ4n) is 3.62. The van der Waals surface area contributed by atoms with Crippen LogP contribution in [0, 0.1) is 5.92 Å². The third-order valence-electron chi connectivity index (χ3n) is 5.32. The number of methoxy groups -OCH3 is 1. The number of sulfonamides is 1. The molecule has 4 rings (SSSR count). The molecule has 12 heteroatoms. The van der Waals surface area contributed by atoms with Gasteiger partial charge in [-0.1, -0.05) is 34.5 Å². The molecule has 3 aromatic rings. The standard InChI is InChI=1S/C20H21Cl2N3O4S3/c1-29-11-10-25-15-3-2-14(21)12-16(15)30-20(25)23-19(26)13-6-8-24(9-7-13)32(27,28)18-5-4-17(22)31-18/h2-5,12-13H,6-11H2,1H3. The molecule has 172 valence electrons. The van der Waals surface area contributed by atoms with Gasteiger partial charge in [-0.15, -0.1) is 11.3 Å². The van der Waals surface area contributed by atoms with Crippen molar-refractivity contribution in [2.24, 2.45) is 10.9 Å². The van der Waals surface area contributed by atoms with Crippen molar-refractivity contribution >= 4 is 72.0 Å². The van der Waals surface area contributed by atoms with Gasteiger partial charge in [0.15, 0.2) is 4.80 Å². The Kier molecular flexibility index (Phi) is 7.40. The summed E-state index contributed by atoms with van der Waals surface area (Å²) in [5.74, 6) is -0.553. The minimum absolute atomic E-state index is 0.222. The highest BCUT2D eigenvalue weighted by atomic mass is 35.5. The third-order valence-corrected chi connectivity index (χ3v) is 10.2. The van der Waals surface area contributed by atoms with Crippen LogP contribution in [-0.2, 0) is 26.1 Å². The highest BCUT2D eigenvalue weighted by Gasteiger charge is 2.33. The van der Waals surface area contributed by atoms with E-state index in [0.717, 1.165) is 21.6 Å². The van der Waals surface area contributed by atoms with Crippen molar-refractivity contribution in [2.45, 2.75) is 23.6 Å². The summed E-state index contributed by atoms with van der Waals surface area (Å²) in [5, 5.41) is 0.621. The molecule has 0 saturated carbocycles. The van der Waals surface area contributed by atoms with Crippen molar-refractivity contribution in [3.05, 3.63) is 44.5 Å². The van der Waals surface area contributed by atoms with E-state index in [2.05, 4.69) is 4.99 Å². The molecule has 0 aliphatic carbocycles. The van der Waals surface area contributed by atoms with Crippen LogP contribution in [0.2, 0.25) is 9.36 Å². The summed E-state index contributed by atoms with van der Waals surface area (Å²) in [6.07, 6.45) is 0.852. The fraction of sp³-hybridized carbons (Fsp3) is 0.400. The largest absolute Gasteiger partial charge is 0.383 e. The Balaban J connectivity index is 1.53. The lowest BCUT2D eigenvalue weighted by Gasteiger charge is -2.29. The van der Waals surface area contributed by atoms with Crippen LogP contribution in [0.5, 0.6) is 0 Å². The number of halogens is 2. The van der Waals surface area contributed by atoms with Gasteiger partial charge in [0.2, 0.25) is 0 Å². The summed E-state index contributed by atoms with van der Waals surface area (Å²) in [7, 11) is -1.97. The van der Waals surface area contributed by atoms with Gasteiger partial charge in [0.25, 0.3) is 15.9 Å². The molecule has 1 amide bonds. The molecule has 1 fully saturated rings. The van der Waals surface area contributed by atoms with Gasteiger partial charge in [-0.05, 0) is 43.2 Å². The highest BCUT2D eigenvalue weighted by Crippen LogP contribution is 2.31. The molecule has 0 radical (unpaired) electrons. The smallest absolute Gasteiger partial charge is 0.252 e. The van der Waals surface area contributed by atoms with Crippen LogP contribution in [0.3, 0.4) is 0 Å². The molecule has 7 nitrogen and oxygen atoms in total. The Morgan fingerprint density at radius 1 is 1.19 bits per heavy atom. The zero-order valence-electron chi connectivity index (χ0n) is 17.2. The maximum Gasteiger partial charge on any atom is 0.252 e. The van der Waals surface area contributed by atoms with Crippen molar-refractivity contribution in [3.63, 3.8) is 0 Å². The van der Waals surface area contributed by atoms with E-state index in [1.165, 1.54) is 21.7 Å². The van der Waals surface area contributed by atoms with Gasteiger partial charge in [-0.25, -0.2) is 8.42 Å². The van der Waals surface area contributed by atoms with Gasteiger partial charge in [0, 0.05) is 37.7 Å². The van der Waals surface area contributed by atoms with Crippen LogP contribution >= 0.6 is 45.9 Å². The lowest BCUT2D eigenvalue weighted by Crippen LogP contribution is -2.40. The number of thiophene rings is 1. The minimum atomic E-state index is -3.59. The molecule has 2 aromatic heterocycles. The first-order valence-electron chi connectivity index (χ1n) is 9.91. The molecule has 0 unspecified atom stereocenters. The van der Waals surface area contributed by atoms with Gasteiger partial charge >= 0.3 is 0 Å². The number of amides is 1. The van der Waals surface area contributed by atoms with Crippen molar-refractivity contribution in [1.29, 1.82) is 0 Å². The summed E-state index contributed by atoms with van der Waals surface area (Å²) in [6.45, 7) is 1.59. The van der Waals surface area contributed by atoms with Gasteiger partial charge < -0.3 is 9.30 Å². The van der Waals surface area contributed by atoms with E-state index in [4.69, 9.17) is 27.9 Å². The Morgan fingerprint density at radius 3 is 2.59 bits per heavy atom. The SMILES string of the molecule is COCCn1c(=NC(=O)C2CCN(S(=O)(=O)c3ccc(Cl)s3)CC2)sc2cc(Cl)ccc21. The first-order valence-corrected chi connectivity index (χ1v) is 13.7. The maximum atomic E-state index is 13.0. The molecule has 0 atom stereocenters. The van der Waals surface area contributed by atoms with Crippen molar-refractivity contribution < 1.29 is 17.9 Å². The number of aromatic nitrogens is 1. The lowest BCUT2D eigenvalue weighted by molar-refractivity contribution is -0.122. The summed E-state index contributed by atoms with van der Waals surface area (Å²) in [6, 6.07) is 8.66. The van der Waals surface area contributed by atoms with Gasteiger partial charge in [0.05, 0.1) is 21.2 Å². The van der Waals surface area contributed by atoms with Gasteiger partial charge in [0.1, 0.15) is 4.21 Å². The predicted molar refractivity (Wildman–Crippen MR) is 128 cm³/mol. The number of rotatable bonds is 6. The second kappa shape index (κ2) is 9.92. The molecule has 3 heterocycles. The number of carbonyl (C=O) groups is 1. The molecule has 0 spiro atoms. The number of ether oxygens (including phenoxy) is 1. The second-order valence-corrected chi connectivity index (χ2v) is 12.7. The number of piperidine rings is 1. The second-order valence-electron chi connectivity index (χ2n) is 7.33. The molecular formula is C20H21Cl2N3O4S3. The van der Waals surface area contributed by atoms with Crippen LogP contribution in [-0.4, -0.2) is 50.0 Å². The highest BCUT2D eigenvalue weighted by molar-refractivity contribution is 7.91. The monoisotopic (exact) mass is 533 g/mol. The molecule has 1 aliphatic rings. The van der Waals surface area contributed by atoms with Gasteiger partial charge in [-0.2, -0.15) is 9.30 Å². The summed E-state index contributed by atoms with van der Waals surface area (Å²) in [4.78, 5) is 18.0. The lowest BCUT2D eigenvalue weighted by atomic mass is 9.98. The number of nitrogens with zero attached hydrogens (tertiary/aromatic N) is 3. The number of hydrogen-bond acceptors (Lipinski definition) is 6. The summed E-state index contributed by atoms with van der Waals surface area (Å²) in [5.41, 5.74) is 0.943. The average molecular weight is 535 g/mol. The quantitative estimate of drug-likeness (QED) is 0.474. The molecule has 0 bridgehead atoms. The topological polar surface area (TPSA) is 81.0 Å². The normalized spacial score (nSPS) is 16.8. The summed E-state index contributed by atoms with van der Waals surface area (Å²) < 4.78 is 35.7. The molecular weight excluding hydrogens is 513 g/mol. The number of fused-ring (bicyclic) bond motifs is 1. The van der Waals surface area contributed by atoms with E-state index in [1.807, 2.05) is 22.8 Å². The van der Waals surface area contributed by atoms with E-state index >= 15 is 0 Å². The third kappa shape index (κ3) is 4.96. The molecule has 32 heavy (non-hydrogen) atoms. The first kappa shape index (κ1) is 23.9. The van der Waals surface area contributed by atoms with E-state index in [1.54, 1.807) is 13.2 Å². The van der Waals surface area contributed by atoms with E-state index < -0.39 is 10.0 Å². The van der Waals surface area contributed by atoms with Crippen LogP contribution < -0.4 is 4.80 Å². The molecule has 1 saturated heterocycles. The average Bonchev–Trinajstić information content (AvgIpc) is 3.35. The number of carbonyl (C=O) groups excluding carboxylic acids is 1. The van der Waals surface area contributed by atoms with E-state index in [-0.39, 0.29) is 29.1 Å². The molecule has 0 N–H and O–H groups in total. The molecule has 1 aliphatic heterocycles. The van der Waals surface area contributed by atoms with Crippen LogP contribution in [0.1, 0.15) is 12.8 Å². The first-order chi connectivity index (χ1) is 15.3. The molecule has 1 aromatic carbocycles. The minimum Gasteiger partial charge on any atom is -0.383 e. The number of benzene rings is 1. The van der Waals surface area contributed by atoms with Crippen molar-refractivity contribution in [2.75, 3.05) is 26.8 Å². The zero-order chi connectivity index (χ0) is 22.9. The summed E-state index contributed by atoms with van der Waals surface area (Å²) >= 11 is 14.5. The fourth-order valence-corrected chi connectivity index (χ4v) is 8.07. The Bertz CT molecular complexity index is 1310. The van der Waals surface area contributed by atoms with Crippen molar-refractivity contribution in [1.82, 2.24) is 8.87 Å². The zero-order valence-corrected chi connectivity index (χ0v) is 21.1. The van der Waals surface area contributed by atoms with Crippen molar-refractivity contribution in [3.8, 4) is 0 Å². The number of hydrogen-bond donors (Lipinski definition) is 0. The predicted octanol–water partition coefficient (Wildman–Crippen LogP) is 4.25. The van der Waals surface area contributed by atoms with Gasteiger partial charge in [-0.3, -0.25) is 4.79 Å². The van der Waals surface area contributed by atoms with E-state index in [9.17, 15) is 13.2 Å². The Morgan fingerprint density at radius 2 is 1.94 bits per heavy atom. The van der Waals surface area contributed by atoms with Crippen LogP contribution in [0.15, 0.2) is 39.5 Å². The Hall–Kier alpha value is -1.27.